The molecule has 0 spiro atoms. The number of morpholine rings is 1. The Balaban J connectivity index is 1.49. The zero-order chi connectivity index (χ0) is 25.5. The van der Waals surface area contributed by atoms with Crippen molar-refractivity contribution in [3.05, 3.63) is 36.0 Å². The Hall–Kier alpha value is -2.89. The molecule has 8 heteroatoms. The molecule has 1 aromatic carbocycles. The molecule has 0 unspecified atom stereocenters. The maximum Gasteiger partial charge on any atom is 0.268 e. The van der Waals surface area contributed by atoms with Gasteiger partial charge in [0.15, 0.2) is 0 Å². The summed E-state index contributed by atoms with van der Waals surface area (Å²) in [6.07, 6.45) is 4.03. The fourth-order valence-corrected chi connectivity index (χ4v) is 5.46. The Morgan fingerprint density at radius 3 is 2.64 bits per heavy atom. The number of nitrogens with one attached hydrogen (secondary N) is 2. The van der Waals surface area contributed by atoms with Gasteiger partial charge in [0.2, 0.25) is 5.91 Å². The van der Waals surface area contributed by atoms with Crippen LogP contribution in [0.25, 0.3) is 10.9 Å². The van der Waals surface area contributed by atoms with Gasteiger partial charge in [0.05, 0.1) is 25.2 Å². The van der Waals surface area contributed by atoms with Crippen LogP contribution in [0.15, 0.2) is 30.3 Å². The lowest BCUT2D eigenvalue weighted by Crippen LogP contribution is -2.50. The molecule has 2 N–H and O–H groups in total. The van der Waals surface area contributed by atoms with E-state index in [1.165, 1.54) is 0 Å². The fourth-order valence-electron chi connectivity index (χ4n) is 5.46. The molecule has 3 atom stereocenters. The second-order valence-electron chi connectivity index (χ2n) is 10.5. The van der Waals surface area contributed by atoms with E-state index in [1.807, 2.05) is 38.1 Å². The molecular weight excluding hydrogens is 454 g/mol. The van der Waals surface area contributed by atoms with Crippen molar-refractivity contribution >= 4 is 22.7 Å². The summed E-state index contributed by atoms with van der Waals surface area (Å²) in [6.45, 7) is 8.94. The number of para-hydroxylation sites is 1. The largest absolute Gasteiger partial charge is 0.379 e. The van der Waals surface area contributed by atoms with Crippen LogP contribution < -0.4 is 10.6 Å². The van der Waals surface area contributed by atoms with E-state index >= 15 is 0 Å². The Morgan fingerprint density at radius 2 is 1.89 bits per heavy atom. The van der Waals surface area contributed by atoms with Gasteiger partial charge < -0.3 is 19.9 Å². The summed E-state index contributed by atoms with van der Waals surface area (Å²) < 4.78 is 7.57. The minimum absolute atomic E-state index is 0.125. The molecule has 4 rings (SSSR count). The van der Waals surface area contributed by atoms with Crippen molar-refractivity contribution in [2.24, 2.45) is 11.8 Å². The van der Waals surface area contributed by atoms with Crippen LogP contribution in [0.2, 0.25) is 0 Å². The van der Waals surface area contributed by atoms with E-state index in [0.29, 0.717) is 24.6 Å². The normalized spacial score (nSPS) is 21.7. The molecule has 0 bridgehead atoms. The summed E-state index contributed by atoms with van der Waals surface area (Å²) in [5.74, 6) is -0.273. The summed E-state index contributed by atoms with van der Waals surface area (Å²) >= 11 is 0. The van der Waals surface area contributed by atoms with Crippen LogP contribution in [0.1, 0.15) is 56.4 Å². The van der Waals surface area contributed by atoms with E-state index in [4.69, 9.17) is 4.74 Å². The van der Waals surface area contributed by atoms with Gasteiger partial charge in [-0.3, -0.25) is 14.5 Å². The number of benzene rings is 1. The number of nitrogens with zero attached hydrogens (tertiary/aromatic N) is 3. The second-order valence-corrected chi connectivity index (χ2v) is 10.5. The first-order valence-corrected chi connectivity index (χ1v) is 13.4. The van der Waals surface area contributed by atoms with Gasteiger partial charge in [0.1, 0.15) is 11.7 Å². The number of nitriles is 1. The number of fused-ring (bicyclic) bond motifs is 1. The van der Waals surface area contributed by atoms with E-state index in [1.54, 1.807) is 0 Å². The van der Waals surface area contributed by atoms with Crippen molar-refractivity contribution < 1.29 is 14.3 Å². The molecule has 1 aliphatic carbocycles. The fraction of sp³-hybridized carbons (Fsp3) is 0.607. The first kappa shape index (κ1) is 26.2. The minimum atomic E-state index is -0.501. The van der Waals surface area contributed by atoms with E-state index in [9.17, 15) is 14.9 Å². The number of hydrogen-bond acceptors (Lipinski definition) is 5. The molecule has 8 nitrogen and oxygen atoms in total. The standard InChI is InChI=1S/C28H39N5O3/c1-20(2)17-22(19-29)30-27(34)23-8-4-5-9-24(23)31-28(35)26-18-21-7-3-6-10-25(21)33(26)12-11-32-13-15-36-16-14-32/h3,6-7,10,18,20,22-24H,4-5,8-9,11-17H2,1-2H3,(H,30,34)(H,31,35)/t22-,23+,24-/m0/s1. The molecule has 1 saturated heterocycles. The van der Waals surface area contributed by atoms with Gasteiger partial charge in [-0.25, -0.2) is 0 Å². The first-order chi connectivity index (χ1) is 17.5. The van der Waals surface area contributed by atoms with Crippen LogP contribution in [0, 0.1) is 23.2 Å². The number of hydrogen-bond donors (Lipinski definition) is 2. The van der Waals surface area contributed by atoms with Crippen LogP contribution >= 0.6 is 0 Å². The van der Waals surface area contributed by atoms with Gasteiger partial charge in [-0.05, 0) is 37.3 Å². The van der Waals surface area contributed by atoms with Crippen molar-refractivity contribution in [3.8, 4) is 6.07 Å². The Kier molecular flexibility index (Phi) is 9.00. The maximum absolute atomic E-state index is 13.6. The molecule has 0 radical (unpaired) electrons. The van der Waals surface area contributed by atoms with Gasteiger partial charge in [-0.2, -0.15) is 5.26 Å². The predicted molar refractivity (Wildman–Crippen MR) is 139 cm³/mol. The smallest absolute Gasteiger partial charge is 0.268 e. The quantitative estimate of drug-likeness (QED) is 0.558. The van der Waals surface area contributed by atoms with Crippen LogP contribution in [0.4, 0.5) is 0 Å². The van der Waals surface area contributed by atoms with Gasteiger partial charge >= 0.3 is 0 Å². The zero-order valence-corrected chi connectivity index (χ0v) is 21.5. The molecule has 2 heterocycles. The van der Waals surface area contributed by atoms with Crippen LogP contribution in [-0.2, 0) is 16.1 Å². The number of carbonyl (C=O) groups excluding carboxylic acids is 2. The summed E-state index contributed by atoms with van der Waals surface area (Å²) in [7, 11) is 0. The lowest BCUT2D eigenvalue weighted by atomic mass is 9.83. The van der Waals surface area contributed by atoms with Crippen LogP contribution in [0.5, 0.6) is 0 Å². The van der Waals surface area contributed by atoms with Gasteiger partial charge in [0, 0.05) is 43.1 Å². The summed E-state index contributed by atoms with van der Waals surface area (Å²) in [5, 5.41) is 16.6. The monoisotopic (exact) mass is 493 g/mol. The summed E-state index contributed by atoms with van der Waals surface area (Å²) in [5.41, 5.74) is 1.67. The van der Waals surface area contributed by atoms with Crippen LogP contribution in [-0.4, -0.2) is 66.2 Å². The third-order valence-corrected chi connectivity index (χ3v) is 7.39. The highest BCUT2D eigenvalue weighted by Crippen LogP contribution is 2.26. The average molecular weight is 494 g/mol. The van der Waals surface area contributed by atoms with Crippen molar-refractivity contribution in [1.82, 2.24) is 20.1 Å². The number of ether oxygens (including phenoxy) is 1. The third kappa shape index (κ3) is 6.45. The van der Waals surface area contributed by atoms with Crippen molar-refractivity contribution in [1.29, 1.82) is 5.26 Å². The predicted octanol–water partition coefficient (Wildman–Crippen LogP) is 3.32. The molecule has 2 amide bonds. The molecule has 1 saturated carbocycles. The highest BCUT2D eigenvalue weighted by atomic mass is 16.5. The maximum atomic E-state index is 13.6. The lowest BCUT2D eigenvalue weighted by Gasteiger charge is -2.32. The minimum Gasteiger partial charge on any atom is -0.379 e. The Morgan fingerprint density at radius 1 is 1.14 bits per heavy atom. The van der Waals surface area contributed by atoms with Gasteiger partial charge in [-0.1, -0.05) is 44.9 Å². The highest BCUT2D eigenvalue weighted by molar-refractivity contribution is 5.99. The van der Waals surface area contributed by atoms with Gasteiger partial charge in [-0.15, -0.1) is 0 Å². The molecular formula is C28H39N5O3. The highest BCUT2D eigenvalue weighted by Gasteiger charge is 2.34. The topological polar surface area (TPSA) is 99.4 Å². The number of carbonyl (C=O) groups is 2. The first-order valence-electron chi connectivity index (χ1n) is 13.4. The van der Waals surface area contributed by atoms with Crippen molar-refractivity contribution in [2.75, 3.05) is 32.8 Å². The lowest BCUT2D eigenvalue weighted by molar-refractivity contribution is -0.127. The number of rotatable bonds is 9. The van der Waals surface area contributed by atoms with E-state index in [2.05, 4.69) is 32.2 Å². The molecule has 36 heavy (non-hydrogen) atoms. The molecule has 2 aromatic rings. The molecule has 1 aliphatic heterocycles. The summed E-state index contributed by atoms with van der Waals surface area (Å²) in [4.78, 5) is 29.1. The van der Waals surface area contributed by atoms with Crippen LogP contribution in [0.3, 0.4) is 0 Å². The summed E-state index contributed by atoms with van der Waals surface area (Å²) in [6, 6.07) is 11.5. The third-order valence-electron chi connectivity index (χ3n) is 7.39. The molecule has 2 fully saturated rings. The zero-order valence-electron chi connectivity index (χ0n) is 21.5. The van der Waals surface area contributed by atoms with Crippen molar-refractivity contribution in [3.63, 3.8) is 0 Å². The molecule has 2 aliphatic rings. The average Bonchev–Trinajstić information content (AvgIpc) is 3.26. The number of aromatic nitrogens is 1. The SMILES string of the molecule is CC(C)C[C@@H](C#N)NC(=O)[C@@H]1CCCC[C@@H]1NC(=O)c1cc2ccccc2n1CCN1CCOCC1. The molecule has 194 valence electrons. The Labute approximate surface area is 214 Å². The number of amides is 2. The molecule has 1 aromatic heterocycles. The van der Waals surface area contributed by atoms with Gasteiger partial charge in [0.25, 0.3) is 5.91 Å². The van der Waals surface area contributed by atoms with E-state index < -0.39 is 6.04 Å². The van der Waals surface area contributed by atoms with E-state index in [0.717, 1.165) is 69.4 Å². The van der Waals surface area contributed by atoms with E-state index in [-0.39, 0.29) is 23.8 Å². The van der Waals surface area contributed by atoms with Crippen molar-refractivity contribution in [2.45, 2.75) is 64.6 Å². The Bertz CT molecular complexity index is 1080. The second kappa shape index (κ2) is 12.4.